The number of anilines is 1. The number of benzene rings is 2. The maximum absolute atomic E-state index is 13.3. The number of hydrogen-bond acceptors (Lipinski definition) is 5. The molecule has 0 spiro atoms. The summed E-state index contributed by atoms with van der Waals surface area (Å²) < 4.78 is 42.2. The number of amidine groups is 1. The summed E-state index contributed by atoms with van der Waals surface area (Å²) in [7, 11) is 1.74. The Balaban J connectivity index is 1.58. The van der Waals surface area contributed by atoms with E-state index in [1.54, 1.807) is 30.8 Å². The Morgan fingerprint density at radius 3 is 2.47 bits per heavy atom. The van der Waals surface area contributed by atoms with E-state index in [2.05, 4.69) is 10.3 Å². The summed E-state index contributed by atoms with van der Waals surface area (Å²) in [5.41, 5.74) is 0.201. The molecular weight excluding hydrogens is 519 g/mol. The number of thioether (sulfide) groups is 1. The summed E-state index contributed by atoms with van der Waals surface area (Å²) >= 11 is 1.06. The van der Waals surface area contributed by atoms with E-state index in [1.807, 2.05) is 25.1 Å². The van der Waals surface area contributed by atoms with Gasteiger partial charge in [-0.25, -0.2) is 9.67 Å². The molecular formula is C26H26F3N5O3S. The van der Waals surface area contributed by atoms with Crippen molar-refractivity contribution in [3.8, 4) is 5.69 Å². The van der Waals surface area contributed by atoms with Crippen LogP contribution in [0, 0.1) is 6.92 Å². The van der Waals surface area contributed by atoms with Gasteiger partial charge in [0.05, 0.1) is 16.9 Å². The number of carbonyl (C=O) groups excluding carboxylic acids is 2. The number of hydrogen-bond donors (Lipinski definition) is 1. The number of carbonyl (C=O) groups is 2. The first-order chi connectivity index (χ1) is 18.0. The van der Waals surface area contributed by atoms with Crippen molar-refractivity contribution in [1.82, 2.24) is 14.3 Å². The van der Waals surface area contributed by atoms with Gasteiger partial charge in [-0.15, -0.1) is 0 Å². The third kappa shape index (κ3) is 5.54. The SMILES string of the molecule is CCCN1C(=O)[C@@H](CC(=O)Nc2cccc(C(F)(F)F)c2)SC1=Nc1c(C)n(C)n(-c2ccccc2)c1=O. The van der Waals surface area contributed by atoms with Crippen molar-refractivity contribution >= 4 is 40.1 Å². The van der Waals surface area contributed by atoms with Gasteiger partial charge in [-0.05, 0) is 43.7 Å². The predicted molar refractivity (Wildman–Crippen MR) is 141 cm³/mol. The quantitative estimate of drug-likeness (QED) is 0.459. The maximum atomic E-state index is 13.3. The van der Waals surface area contributed by atoms with Crippen LogP contribution in [0.25, 0.3) is 5.69 Å². The summed E-state index contributed by atoms with van der Waals surface area (Å²) in [6, 6.07) is 13.4. The first-order valence-electron chi connectivity index (χ1n) is 11.9. The molecule has 0 aliphatic carbocycles. The standard InChI is InChI=1S/C26H26F3N5O3S/c1-4-13-33-23(36)20(15-21(35)30-18-10-8-9-17(14-18)26(27,28)29)38-25(33)31-22-16(2)32(3)34(24(22)37)19-11-6-5-7-12-19/h5-12,14,20H,4,13,15H2,1-3H3,(H,30,35)/t20-/m1/s1. The van der Waals surface area contributed by atoms with Crippen LogP contribution in [-0.4, -0.2) is 43.0 Å². The summed E-state index contributed by atoms with van der Waals surface area (Å²) in [6.45, 7) is 3.99. The first-order valence-corrected chi connectivity index (χ1v) is 12.8. The van der Waals surface area contributed by atoms with E-state index in [0.29, 0.717) is 29.5 Å². The lowest BCUT2D eigenvalue weighted by molar-refractivity contribution is -0.137. The Hall–Kier alpha value is -3.80. The molecule has 0 bridgehead atoms. The fourth-order valence-electron chi connectivity index (χ4n) is 4.09. The zero-order chi connectivity index (χ0) is 27.6. The summed E-state index contributed by atoms with van der Waals surface area (Å²) in [4.78, 5) is 45.1. The second-order valence-corrected chi connectivity index (χ2v) is 9.90. The van der Waals surface area contributed by atoms with Crippen LogP contribution in [0.3, 0.4) is 0 Å². The second kappa shape index (κ2) is 10.9. The van der Waals surface area contributed by atoms with Gasteiger partial charge >= 0.3 is 6.18 Å². The fraction of sp³-hybridized carbons (Fsp3) is 0.308. The maximum Gasteiger partial charge on any atom is 0.416 e. The molecule has 1 saturated heterocycles. The zero-order valence-electron chi connectivity index (χ0n) is 21.0. The van der Waals surface area contributed by atoms with Gasteiger partial charge in [-0.2, -0.15) is 13.2 Å². The zero-order valence-corrected chi connectivity index (χ0v) is 21.8. The van der Waals surface area contributed by atoms with Crippen LogP contribution in [0.1, 0.15) is 31.0 Å². The number of alkyl halides is 3. The smallest absolute Gasteiger partial charge is 0.326 e. The van der Waals surface area contributed by atoms with Crippen molar-refractivity contribution < 1.29 is 22.8 Å². The lowest BCUT2D eigenvalue weighted by Crippen LogP contribution is -2.34. The largest absolute Gasteiger partial charge is 0.416 e. The molecule has 1 aromatic heterocycles. The van der Waals surface area contributed by atoms with Crippen molar-refractivity contribution in [1.29, 1.82) is 0 Å². The molecule has 1 atom stereocenters. The van der Waals surface area contributed by atoms with E-state index in [9.17, 15) is 27.6 Å². The molecule has 1 N–H and O–H groups in total. The molecule has 2 heterocycles. The van der Waals surface area contributed by atoms with Crippen LogP contribution in [0.2, 0.25) is 0 Å². The summed E-state index contributed by atoms with van der Waals surface area (Å²) in [5.74, 6) is -0.943. The van der Waals surface area contributed by atoms with Crippen LogP contribution >= 0.6 is 11.8 Å². The lowest BCUT2D eigenvalue weighted by Gasteiger charge is -2.15. The highest BCUT2D eigenvalue weighted by Gasteiger charge is 2.39. The molecule has 1 aliphatic heterocycles. The Labute approximate surface area is 221 Å². The minimum Gasteiger partial charge on any atom is -0.326 e. The molecule has 0 saturated carbocycles. The van der Waals surface area contributed by atoms with Crippen LogP contribution < -0.4 is 10.9 Å². The fourth-order valence-corrected chi connectivity index (χ4v) is 5.26. The van der Waals surface area contributed by atoms with Gasteiger partial charge in [-0.3, -0.25) is 24.0 Å². The molecule has 1 fully saturated rings. The van der Waals surface area contributed by atoms with Crippen LogP contribution in [0.4, 0.5) is 24.5 Å². The molecule has 0 radical (unpaired) electrons. The van der Waals surface area contributed by atoms with E-state index < -0.39 is 22.9 Å². The summed E-state index contributed by atoms with van der Waals surface area (Å²) in [5, 5.41) is 1.92. The highest BCUT2D eigenvalue weighted by molar-refractivity contribution is 8.15. The average molecular weight is 546 g/mol. The van der Waals surface area contributed by atoms with Crippen LogP contribution in [-0.2, 0) is 22.8 Å². The number of para-hydroxylation sites is 1. The Kier molecular flexibility index (Phi) is 7.81. The Morgan fingerprint density at radius 2 is 1.82 bits per heavy atom. The number of nitrogens with one attached hydrogen (secondary N) is 1. The van der Waals surface area contributed by atoms with E-state index in [0.717, 1.165) is 23.9 Å². The van der Waals surface area contributed by atoms with Crippen LogP contribution in [0.5, 0.6) is 0 Å². The molecule has 200 valence electrons. The van der Waals surface area contributed by atoms with Gasteiger partial charge in [-0.1, -0.05) is 43.0 Å². The highest BCUT2D eigenvalue weighted by atomic mass is 32.2. The van der Waals surface area contributed by atoms with E-state index in [4.69, 9.17) is 0 Å². The van der Waals surface area contributed by atoms with Gasteiger partial charge < -0.3 is 5.32 Å². The number of rotatable bonds is 7. The third-order valence-corrected chi connectivity index (χ3v) is 7.22. The van der Waals surface area contributed by atoms with E-state index >= 15 is 0 Å². The number of halogens is 3. The van der Waals surface area contributed by atoms with Crippen molar-refractivity contribution in [2.75, 3.05) is 11.9 Å². The number of nitrogens with zero attached hydrogens (tertiary/aromatic N) is 4. The van der Waals surface area contributed by atoms with E-state index in [-0.39, 0.29) is 29.3 Å². The molecule has 8 nitrogen and oxygen atoms in total. The van der Waals surface area contributed by atoms with Gasteiger partial charge in [0.1, 0.15) is 5.25 Å². The average Bonchev–Trinajstić information content (AvgIpc) is 3.27. The first kappa shape index (κ1) is 27.2. The van der Waals surface area contributed by atoms with Crippen molar-refractivity contribution in [3.63, 3.8) is 0 Å². The molecule has 2 amide bonds. The van der Waals surface area contributed by atoms with Crippen molar-refractivity contribution in [2.24, 2.45) is 12.0 Å². The third-order valence-electron chi connectivity index (χ3n) is 6.04. The highest BCUT2D eigenvalue weighted by Crippen LogP contribution is 2.33. The van der Waals surface area contributed by atoms with Gasteiger partial charge in [0, 0.05) is 25.7 Å². The Bertz CT molecular complexity index is 1450. The topological polar surface area (TPSA) is 88.7 Å². The molecule has 2 aromatic carbocycles. The van der Waals surface area contributed by atoms with Crippen LogP contribution in [0.15, 0.2) is 64.4 Å². The monoisotopic (exact) mass is 545 g/mol. The molecule has 3 aromatic rings. The van der Waals surface area contributed by atoms with Crippen molar-refractivity contribution in [3.05, 3.63) is 76.2 Å². The number of aromatic nitrogens is 2. The van der Waals surface area contributed by atoms with Gasteiger partial charge in [0.25, 0.3) is 5.56 Å². The van der Waals surface area contributed by atoms with E-state index in [1.165, 1.54) is 21.7 Å². The number of aliphatic imine (C=N–C) groups is 1. The summed E-state index contributed by atoms with van der Waals surface area (Å²) in [6.07, 6.45) is -4.18. The molecule has 38 heavy (non-hydrogen) atoms. The molecule has 0 unspecified atom stereocenters. The predicted octanol–water partition coefficient (Wildman–Crippen LogP) is 4.87. The van der Waals surface area contributed by atoms with Gasteiger partial charge in [0.2, 0.25) is 11.8 Å². The molecule has 4 rings (SSSR count). The minimum atomic E-state index is -4.54. The van der Waals surface area contributed by atoms with Gasteiger partial charge in [0.15, 0.2) is 10.9 Å². The second-order valence-electron chi connectivity index (χ2n) is 8.73. The molecule has 1 aliphatic rings. The van der Waals surface area contributed by atoms with Crippen molar-refractivity contribution in [2.45, 2.75) is 38.1 Å². The number of amides is 2. The Morgan fingerprint density at radius 1 is 1.11 bits per heavy atom. The minimum absolute atomic E-state index is 0.0130. The molecule has 12 heteroatoms. The lowest BCUT2D eigenvalue weighted by atomic mass is 10.2. The normalized spacial score (nSPS) is 16.9.